The molecule has 0 saturated heterocycles. The average molecular weight is 353 g/mol. The molecule has 2 aromatic carbocycles. The second-order valence-electron chi connectivity index (χ2n) is 6.55. The van der Waals surface area contributed by atoms with Gasteiger partial charge in [0.1, 0.15) is 11.4 Å². The number of aromatic nitrogens is 2. The van der Waals surface area contributed by atoms with Gasteiger partial charge in [-0.05, 0) is 43.0 Å². The molecule has 3 aromatic rings. The summed E-state index contributed by atoms with van der Waals surface area (Å²) in [4.78, 5) is 0. The fourth-order valence-electron chi connectivity index (χ4n) is 3.68. The molecule has 4 rings (SSSR count). The van der Waals surface area contributed by atoms with Gasteiger partial charge in [0.05, 0.1) is 18.5 Å². The van der Waals surface area contributed by atoms with E-state index in [1.165, 1.54) is 17.7 Å². The molecule has 1 unspecified atom stereocenters. The van der Waals surface area contributed by atoms with Crippen molar-refractivity contribution >= 4 is 11.6 Å². The lowest BCUT2D eigenvalue weighted by atomic mass is 10.0. The molecule has 1 aromatic heterocycles. The van der Waals surface area contributed by atoms with Crippen LogP contribution in [-0.2, 0) is 12.8 Å². The van der Waals surface area contributed by atoms with Gasteiger partial charge in [0.25, 0.3) is 0 Å². The first-order valence-electron chi connectivity index (χ1n) is 8.71. The van der Waals surface area contributed by atoms with E-state index in [1.54, 1.807) is 7.11 Å². The monoisotopic (exact) mass is 352 g/mol. The van der Waals surface area contributed by atoms with E-state index in [1.807, 2.05) is 35.0 Å². The van der Waals surface area contributed by atoms with Crippen LogP contribution in [0.15, 0.2) is 48.5 Å². The highest BCUT2D eigenvalue weighted by molar-refractivity contribution is 6.30. The second-order valence-corrected chi connectivity index (χ2v) is 6.98. The Balaban J connectivity index is 1.92. The number of halogens is 1. The molecule has 0 bridgehead atoms. The average Bonchev–Trinajstić information content (AvgIpc) is 3.20. The molecule has 4 heteroatoms. The predicted octanol–water partition coefficient (Wildman–Crippen LogP) is 5.33. The summed E-state index contributed by atoms with van der Waals surface area (Å²) in [6.07, 6.45) is 3.32. The van der Waals surface area contributed by atoms with Crippen LogP contribution in [0.2, 0.25) is 5.02 Å². The van der Waals surface area contributed by atoms with Crippen LogP contribution in [0.3, 0.4) is 0 Å². The third-order valence-electron chi connectivity index (χ3n) is 5.05. The zero-order valence-electron chi connectivity index (χ0n) is 14.5. The summed E-state index contributed by atoms with van der Waals surface area (Å²) in [6, 6.07) is 16.1. The Morgan fingerprint density at radius 3 is 2.60 bits per heavy atom. The fraction of sp³-hybridized carbons (Fsp3) is 0.286. The van der Waals surface area contributed by atoms with Gasteiger partial charge in [-0.25, -0.2) is 4.68 Å². The number of ether oxygens (including phenoxy) is 1. The van der Waals surface area contributed by atoms with E-state index in [-0.39, 0.29) is 0 Å². The van der Waals surface area contributed by atoms with Crippen molar-refractivity contribution in [2.24, 2.45) is 5.92 Å². The van der Waals surface area contributed by atoms with E-state index < -0.39 is 0 Å². The molecule has 0 spiro atoms. The summed E-state index contributed by atoms with van der Waals surface area (Å²) in [5.41, 5.74) is 5.84. The Morgan fingerprint density at radius 2 is 1.88 bits per heavy atom. The minimum atomic E-state index is 0.691. The fourth-order valence-corrected chi connectivity index (χ4v) is 3.81. The van der Waals surface area contributed by atoms with E-state index in [0.29, 0.717) is 5.92 Å². The van der Waals surface area contributed by atoms with Crippen LogP contribution in [0.5, 0.6) is 5.75 Å². The summed E-state index contributed by atoms with van der Waals surface area (Å²) in [7, 11) is 1.70. The normalized spacial score (nSPS) is 16.0. The van der Waals surface area contributed by atoms with Crippen molar-refractivity contribution in [3.63, 3.8) is 0 Å². The molecule has 0 N–H and O–H groups in total. The molecule has 25 heavy (non-hydrogen) atoms. The maximum Gasteiger partial charge on any atom is 0.144 e. The van der Waals surface area contributed by atoms with Crippen molar-refractivity contribution in [2.75, 3.05) is 7.11 Å². The topological polar surface area (TPSA) is 27.1 Å². The second kappa shape index (κ2) is 6.57. The number of fused-ring (bicyclic) bond motifs is 1. The molecule has 0 amide bonds. The molecule has 128 valence electrons. The van der Waals surface area contributed by atoms with Gasteiger partial charge < -0.3 is 4.74 Å². The molecule has 0 radical (unpaired) electrons. The van der Waals surface area contributed by atoms with Crippen LogP contribution >= 0.6 is 11.6 Å². The minimum absolute atomic E-state index is 0.691. The summed E-state index contributed by atoms with van der Waals surface area (Å²) < 4.78 is 7.61. The zero-order chi connectivity index (χ0) is 17.4. The highest BCUT2D eigenvalue weighted by atomic mass is 35.5. The summed E-state index contributed by atoms with van der Waals surface area (Å²) in [5.74, 6) is 1.52. The zero-order valence-corrected chi connectivity index (χ0v) is 15.3. The van der Waals surface area contributed by atoms with Crippen molar-refractivity contribution in [3.8, 4) is 22.7 Å². The van der Waals surface area contributed by atoms with Crippen LogP contribution < -0.4 is 4.74 Å². The maximum atomic E-state index is 6.10. The number of hydrogen-bond acceptors (Lipinski definition) is 2. The number of benzene rings is 2. The van der Waals surface area contributed by atoms with Gasteiger partial charge in [-0.15, -0.1) is 0 Å². The standard InChI is InChI=1S/C21H21ClN2O/c1-3-14-12-17-18(13-14)23-24(19-6-4-5-7-20(19)25-2)21(17)15-8-10-16(22)11-9-15/h4-11,14H,3,12-13H2,1-2H3. The Kier molecular flexibility index (Phi) is 4.26. The minimum Gasteiger partial charge on any atom is -0.494 e. The summed E-state index contributed by atoms with van der Waals surface area (Å²) in [5, 5.41) is 5.72. The molecule has 0 aliphatic heterocycles. The van der Waals surface area contributed by atoms with Crippen LogP contribution in [-0.4, -0.2) is 16.9 Å². The molecule has 0 saturated carbocycles. The molecule has 0 fully saturated rings. The van der Waals surface area contributed by atoms with Gasteiger partial charge in [0.2, 0.25) is 0 Å². The van der Waals surface area contributed by atoms with Crippen LogP contribution in [0.1, 0.15) is 24.6 Å². The first-order valence-corrected chi connectivity index (χ1v) is 9.09. The number of hydrogen-bond donors (Lipinski definition) is 0. The lowest BCUT2D eigenvalue weighted by molar-refractivity contribution is 0.411. The van der Waals surface area contributed by atoms with E-state index in [4.69, 9.17) is 21.4 Å². The highest BCUT2D eigenvalue weighted by Gasteiger charge is 2.29. The lowest BCUT2D eigenvalue weighted by Gasteiger charge is -2.14. The predicted molar refractivity (Wildman–Crippen MR) is 102 cm³/mol. The molecular formula is C21H21ClN2O. The molecule has 1 aliphatic rings. The summed E-state index contributed by atoms with van der Waals surface area (Å²) >= 11 is 6.10. The number of methoxy groups -OCH3 is 1. The van der Waals surface area contributed by atoms with Crippen LogP contribution in [0.4, 0.5) is 0 Å². The van der Waals surface area contributed by atoms with E-state index in [9.17, 15) is 0 Å². The molecular weight excluding hydrogens is 332 g/mol. The third-order valence-corrected chi connectivity index (χ3v) is 5.30. The summed E-state index contributed by atoms with van der Waals surface area (Å²) in [6.45, 7) is 2.26. The lowest BCUT2D eigenvalue weighted by Crippen LogP contribution is -2.06. The van der Waals surface area contributed by atoms with Crippen LogP contribution in [0.25, 0.3) is 16.9 Å². The van der Waals surface area contributed by atoms with Crippen molar-refractivity contribution in [2.45, 2.75) is 26.2 Å². The Morgan fingerprint density at radius 1 is 1.12 bits per heavy atom. The number of rotatable bonds is 4. The van der Waals surface area contributed by atoms with Crippen molar-refractivity contribution in [3.05, 3.63) is 64.8 Å². The van der Waals surface area contributed by atoms with Gasteiger partial charge in [0, 0.05) is 16.1 Å². The van der Waals surface area contributed by atoms with E-state index in [2.05, 4.69) is 25.1 Å². The Labute approximate surface area is 153 Å². The number of para-hydroxylation sites is 2. The van der Waals surface area contributed by atoms with Crippen molar-refractivity contribution in [1.82, 2.24) is 9.78 Å². The van der Waals surface area contributed by atoms with Gasteiger partial charge in [0.15, 0.2) is 0 Å². The first-order chi connectivity index (χ1) is 12.2. The van der Waals surface area contributed by atoms with Gasteiger partial charge in [-0.3, -0.25) is 0 Å². The Hall–Kier alpha value is -2.26. The first kappa shape index (κ1) is 16.2. The van der Waals surface area contributed by atoms with Crippen molar-refractivity contribution < 1.29 is 4.74 Å². The quantitative estimate of drug-likeness (QED) is 0.634. The van der Waals surface area contributed by atoms with Crippen molar-refractivity contribution in [1.29, 1.82) is 0 Å². The largest absolute Gasteiger partial charge is 0.494 e. The third kappa shape index (κ3) is 2.83. The van der Waals surface area contributed by atoms with Gasteiger partial charge in [-0.1, -0.05) is 49.2 Å². The molecule has 3 nitrogen and oxygen atoms in total. The van der Waals surface area contributed by atoms with E-state index >= 15 is 0 Å². The highest BCUT2D eigenvalue weighted by Crippen LogP contribution is 2.39. The van der Waals surface area contributed by atoms with Crippen LogP contribution in [0, 0.1) is 5.92 Å². The molecule has 1 aliphatic carbocycles. The Bertz CT molecular complexity index is 899. The molecule has 1 heterocycles. The maximum absolute atomic E-state index is 6.10. The van der Waals surface area contributed by atoms with Gasteiger partial charge >= 0.3 is 0 Å². The number of nitrogens with zero attached hydrogens (tertiary/aromatic N) is 2. The molecule has 1 atom stereocenters. The van der Waals surface area contributed by atoms with Gasteiger partial charge in [-0.2, -0.15) is 5.10 Å². The smallest absolute Gasteiger partial charge is 0.144 e. The van der Waals surface area contributed by atoms with E-state index in [0.717, 1.165) is 40.6 Å². The SMILES string of the molecule is CCC1Cc2nn(-c3ccccc3OC)c(-c3ccc(Cl)cc3)c2C1.